The SMILES string of the molecule is Cc1cccc(C(=O)NC2CCCc3c2cnn3C)n1. The molecule has 5 heteroatoms. The van der Waals surface area contributed by atoms with Gasteiger partial charge in [-0.25, -0.2) is 4.98 Å². The molecular formula is C15H18N4O. The predicted octanol–water partition coefficient (Wildman–Crippen LogP) is 1.93. The van der Waals surface area contributed by atoms with Gasteiger partial charge in [0, 0.05) is 24.0 Å². The van der Waals surface area contributed by atoms with Gasteiger partial charge in [0.05, 0.1) is 12.2 Å². The van der Waals surface area contributed by atoms with Gasteiger partial charge >= 0.3 is 0 Å². The van der Waals surface area contributed by atoms with Crippen LogP contribution in [0.3, 0.4) is 0 Å². The molecule has 2 aromatic rings. The number of pyridine rings is 1. The standard InChI is InChI=1S/C15H18N4O/c1-10-5-3-7-13(17-10)15(20)18-12-6-4-8-14-11(12)9-16-19(14)2/h3,5,7,9,12H,4,6,8H2,1-2H3,(H,18,20). The summed E-state index contributed by atoms with van der Waals surface area (Å²) in [4.78, 5) is 16.5. The summed E-state index contributed by atoms with van der Waals surface area (Å²) >= 11 is 0. The average molecular weight is 270 g/mol. The maximum Gasteiger partial charge on any atom is 0.270 e. The summed E-state index contributed by atoms with van der Waals surface area (Å²) in [6, 6.07) is 5.53. The molecule has 20 heavy (non-hydrogen) atoms. The smallest absolute Gasteiger partial charge is 0.270 e. The minimum Gasteiger partial charge on any atom is -0.344 e. The molecule has 0 saturated carbocycles. The molecule has 0 radical (unpaired) electrons. The third-order valence-corrected chi connectivity index (χ3v) is 3.80. The second-order valence-corrected chi connectivity index (χ2v) is 5.25. The van der Waals surface area contributed by atoms with E-state index in [0.29, 0.717) is 5.69 Å². The first-order valence-corrected chi connectivity index (χ1v) is 6.90. The Balaban J connectivity index is 1.80. The zero-order chi connectivity index (χ0) is 14.1. The highest BCUT2D eigenvalue weighted by atomic mass is 16.1. The van der Waals surface area contributed by atoms with Crippen LogP contribution in [0.25, 0.3) is 0 Å². The van der Waals surface area contributed by atoms with Crippen molar-refractivity contribution in [2.45, 2.75) is 32.2 Å². The van der Waals surface area contributed by atoms with Crippen molar-refractivity contribution in [2.75, 3.05) is 0 Å². The number of amides is 1. The van der Waals surface area contributed by atoms with Gasteiger partial charge < -0.3 is 5.32 Å². The van der Waals surface area contributed by atoms with Gasteiger partial charge in [0.15, 0.2) is 0 Å². The molecule has 5 nitrogen and oxygen atoms in total. The van der Waals surface area contributed by atoms with Gasteiger partial charge in [-0.3, -0.25) is 9.48 Å². The van der Waals surface area contributed by atoms with Crippen LogP contribution in [0, 0.1) is 6.92 Å². The molecule has 0 bridgehead atoms. The van der Waals surface area contributed by atoms with Crippen molar-refractivity contribution < 1.29 is 4.79 Å². The first kappa shape index (κ1) is 12.8. The van der Waals surface area contributed by atoms with Crippen molar-refractivity contribution >= 4 is 5.91 Å². The summed E-state index contributed by atoms with van der Waals surface area (Å²) in [6.45, 7) is 1.89. The molecule has 1 N–H and O–H groups in total. The van der Waals surface area contributed by atoms with Crippen molar-refractivity contribution in [1.82, 2.24) is 20.1 Å². The summed E-state index contributed by atoms with van der Waals surface area (Å²) in [5, 5.41) is 7.37. The third kappa shape index (κ3) is 2.31. The number of aromatic nitrogens is 3. The van der Waals surface area contributed by atoms with E-state index in [2.05, 4.69) is 15.4 Å². The van der Waals surface area contributed by atoms with Crippen molar-refractivity contribution in [3.8, 4) is 0 Å². The molecule has 1 aliphatic carbocycles. The maximum absolute atomic E-state index is 12.3. The van der Waals surface area contributed by atoms with E-state index in [1.165, 1.54) is 5.69 Å². The number of rotatable bonds is 2. The molecule has 2 heterocycles. The van der Waals surface area contributed by atoms with Crippen LogP contribution < -0.4 is 5.32 Å². The second-order valence-electron chi connectivity index (χ2n) is 5.25. The van der Waals surface area contributed by atoms with E-state index in [-0.39, 0.29) is 11.9 Å². The van der Waals surface area contributed by atoms with Crippen LogP contribution >= 0.6 is 0 Å². The predicted molar refractivity (Wildman–Crippen MR) is 75.3 cm³/mol. The zero-order valence-electron chi connectivity index (χ0n) is 11.8. The van der Waals surface area contributed by atoms with Gasteiger partial charge in [0.25, 0.3) is 5.91 Å². The lowest BCUT2D eigenvalue weighted by Crippen LogP contribution is -2.31. The van der Waals surface area contributed by atoms with E-state index in [9.17, 15) is 4.79 Å². The van der Waals surface area contributed by atoms with Crippen LogP contribution in [0.2, 0.25) is 0 Å². The van der Waals surface area contributed by atoms with Gasteiger partial charge in [-0.2, -0.15) is 5.10 Å². The molecule has 0 fully saturated rings. The Hall–Kier alpha value is -2.17. The zero-order valence-corrected chi connectivity index (χ0v) is 11.8. The average Bonchev–Trinajstić information content (AvgIpc) is 2.82. The minimum absolute atomic E-state index is 0.0438. The van der Waals surface area contributed by atoms with Crippen molar-refractivity contribution in [3.63, 3.8) is 0 Å². The quantitative estimate of drug-likeness (QED) is 0.907. The molecule has 0 aliphatic heterocycles. The highest BCUT2D eigenvalue weighted by Crippen LogP contribution is 2.29. The van der Waals surface area contributed by atoms with E-state index < -0.39 is 0 Å². The Morgan fingerprint density at radius 2 is 2.30 bits per heavy atom. The Labute approximate surface area is 118 Å². The summed E-state index contributed by atoms with van der Waals surface area (Å²) < 4.78 is 1.90. The van der Waals surface area contributed by atoms with Gasteiger partial charge in [0.1, 0.15) is 5.69 Å². The van der Waals surface area contributed by atoms with Crippen LogP contribution in [0.15, 0.2) is 24.4 Å². The van der Waals surface area contributed by atoms with Crippen LogP contribution in [0.5, 0.6) is 0 Å². The van der Waals surface area contributed by atoms with E-state index in [4.69, 9.17) is 0 Å². The molecule has 1 aliphatic rings. The Bertz CT molecular complexity index is 647. The topological polar surface area (TPSA) is 59.8 Å². The van der Waals surface area contributed by atoms with Crippen LogP contribution in [0.1, 0.15) is 46.3 Å². The summed E-state index contributed by atoms with van der Waals surface area (Å²) in [5.41, 5.74) is 3.68. The van der Waals surface area contributed by atoms with Crippen molar-refractivity contribution in [2.24, 2.45) is 7.05 Å². The molecule has 104 valence electrons. The molecule has 0 aromatic carbocycles. The van der Waals surface area contributed by atoms with E-state index in [1.807, 2.05) is 37.0 Å². The third-order valence-electron chi connectivity index (χ3n) is 3.80. The number of fused-ring (bicyclic) bond motifs is 1. The first-order chi connectivity index (χ1) is 9.65. The first-order valence-electron chi connectivity index (χ1n) is 6.90. The fourth-order valence-electron chi connectivity index (χ4n) is 2.76. The van der Waals surface area contributed by atoms with Crippen LogP contribution in [-0.4, -0.2) is 20.7 Å². The molecular weight excluding hydrogens is 252 g/mol. The number of carbonyl (C=O) groups excluding carboxylic acids is 1. The summed E-state index contributed by atoms with van der Waals surface area (Å²) in [7, 11) is 1.95. The highest BCUT2D eigenvalue weighted by Gasteiger charge is 2.25. The fourth-order valence-corrected chi connectivity index (χ4v) is 2.76. The van der Waals surface area contributed by atoms with Gasteiger partial charge in [-0.05, 0) is 38.3 Å². The number of nitrogens with zero attached hydrogens (tertiary/aromatic N) is 3. The molecule has 1 amide bonds. The number of aryl methyl sites for hydroxylation is 2. The second kappa shape index (κ2) is 5.07. The number of hydrogen-bond donors (Lipinski definition) is 1. The lowest BCUT2D eigenvalue weighted by Gasteiger charge is -2.23. The lowest BCUT2D eigenvalue weighted by atomic mass is 9.93. The number of nitrogens with one attached hydrogen (secondary N) is 1. The van der Waals surface area contributed by atoms with Gasteiger partial charge in [-0.1, -0.05) is 6.07 Å². The lowest BCUT2D eigenvalue weighted by molar-refractivity contribution is 0.0927. The van der Waals surface area contributed by atoms with Crippen LogP contribution in [-0.2, 0) is 13.5 Å². The monoisotopic (exact) mass is 270 g/mol. The normalized spacial score (nSPS) is 17.6. The molecule has 0 saturated heterocycles. The van der Waals surface area contributed by atoms with Crippen LogP contribution in [0.4, 0.5) is 0 Å². The van der Waals surface area contributed by atoms with Gasteiger partial charge in [0.2, 0.25) is 0 Å². The fraction of sp³-hybridized carbons (Fsp3) is 0.400. The Morgan fingerprint density at radius 3 is 3.10 bits per heavy atom. The summed E-state index contributed by atoms with van der Waals surface area (Å²) in [5.74, 6) is -0.115. The Morgan fingerprint density at radius 1 is 1.45 bits per heavy atom. The molecule has 1 atom stereocenters. The Kier molecular flexibility index (Phi) is 3.26. The van der Waals surface area contributed by atoms with Crippen molar-refractivity contribution in [3.05, 3.63) is 47.0 Å². The molecule has 3 rings (SSSR count). The molecule has 1 unspecified atom stereocenters. The number of carbonyl (C=O) groups is 1. The number of hydrogen-bond acceptors (Lipinski definition) is 3. The van der Waals surface area contributed by atoms with Gasteiger partial charge in [-0.15, -0.1) is 0 Å². The molecule has 0 spiro atoms. The minimum atomic E-state index is -0.115. The maximum atomic E-state index is 12.3. The molecule has 2 aromatic heterocycles. The summed E-state index contributed by atoms with van der Waals surface area (Å²) in [6.07, 6.45) is 4.92. The van der Waals surface area contributed by atoms with Crippen molar-refractivity contribution in [1.29, 1.82) is 0 Å². The highest BCUT2D eigenvalue weighted by molar-refractivity contribution is 5.92. The van der Waals surface area contributed by atoms with E-state index in [0.717, 1.165) is 30.5 Å². The largest absolute Gasteiger partial charge is 0.344 e. The van der Waals surface area contributed by atoms with E-state index in [1.54, 1.807) is 6.07 Å². The van der Waals surface area contributed by atoms with E-state index >= 15 is 0 Å².